The van der Waals surface area contributed by atoms with Gasteiger partial charge in [-0.15, -0.1) is 5.54 Å². The van der Waals surface area contributed by atoms with Crippen LogP contribution in [0.3, 0.4) is 0 Å². The molecule has 9 heteroatoms. The maximum Gasteiger partial charge on any atom is 0.534 e. The Hall–Kier alpha value is -2.05. The van der Waals surface area contributed by atoms with Gasteiger partial charge in [0, 0.05) is 17.1 Å². The highest BCUT2D eigenvalue weighted by Gasteiger charge is 2.49. The standard InChI is InChI=1S/C15H14F3NO3SSi/c1-24(2,3)9-7-11-4-5-12-6-8-19-14(13(12)10-11)22-23(20,21)15(16,17)18/h4-6,8,10H,1-3H3. The number of aromatic nitrogens is 1. The first-order valence-electron chi connectivity index (χ1n) is 6.82. The maximum absolute atomic E-state index is 12.5. The summed E-state index contributed by atoms with van der Waals surface area (Å²) in [4.78, 5) is 3.61. The third-order valence-corrected chi connectivity index (χ3v) is 4.60. The zero-order valence-electron chi connectivity index (χ0n) is 13.1. The fraction of sp³-hybridized carbons (Fsp3) is 0.267. The van der Waals surface area contributed by atoms with Crippen LogP contribution in [0.25, 0.3) is 10.8 Å². The van der Waals surface area contributed by atoms with Crippen molar-refractivity contribution in [2.45, 2.75) is 25.1 Å². The molecule has 0 atom stereocenters. The molecule has 0 aliphatic carbocycles. The Kier molecular flexibility index (Phi) is 4.65. The zero-order valence-corrected chi connectivity index (χ0v) is 14.9. The number of benzene rings is 1. The monoisotopic (exact) mass is 373 g/mol. The van der Waals surface area contributed by atoms with E-state index in [0.717, 1.165) is 0 Å². The van der Waals surface area contributed by atoms with E-state index in [1.807, 2.05) is 19.6 Å². The smallest absolute Gasteiger partial charge is 0.355 e. The van der Waals surface area contributed by atoms with Crippen molar-refractivity contribution in [1.29, 1.82) is 0 Å². The summed E-state index contributed by atoms with van der Waals surface area (Å²) in [5, 5.41) is 0.642. The predicted molar refractivity (Wildman–Crippen MR) is 87.6 cm³/mol. The van der Waals surface area contributed by atoms with E-state index in [1.54, 1.807) is 12.1 Å². The van der Waals surface area contributed by atoms with Gasteiger partial charge in [0.15, 0.2) is 0 Å². The molecule has 1 heterocycles. The number of nitrogens with zero attached hydrogens (tertiary/aromatic N) is 1. The number of fused-ring (bicyclic) bond motifs is 1. The Morgan fingerprint density at radius 1 is 1.17 bits per heavy atom. The van der Waals surface area contributed by atoms with E-state index in [-0.39, 0.29) is 5.39 Å². The second-order valence-corrected chi connectivity index (χ2v) is 12.3. The minimum atomic E-state index is -5.78. The first kappa shape index (κ1) is 18.3. The number of rotatable bonds is 2. The molecule has 0 bridgehead atoms. The van der Waals surface area contributed by atoms with Crippen molar-refractivity contribution in [3.05, 3.63) is 36.0 Å². The highest BCUT2D eigenvalue weighted by atomic mass is 32.2. The first-order valence-corrected chi connectivity index (χ1v) is 11.7. The number of alkyl halides is 3. The zero-order chi connectivity index (χ0) is 18.2. The molecule has 128 valence electrons. The van der Waals surface area contributed by atoms with Crippen molar-refractivity contribution in [3.8, 4) is 17.3 Å². The van der Waals surface area contributed by atoms with Gasteiger partial charge >= 0.3 is 15.6 Å². The Bertz CT molecular complexity index is 938. The van der Waals surface area contributed by atoms with Gasteiger partial charge in [-0.2, -0.15) is 21.6 Å². The number of hydrogen-bond acceptors (Lipinski definition) is 4. The van der Waals surface area contributed by atoms with Gasteiger partial charge in [-0.05, 0) is 23.6 Å². The van der Waals surface area contributed by atoms with Crippen LogP contribution in [0.15, 0.2) is 30.5 Å². The molecular weight excluding hydrogens is 359 g/mol. The van der Waals surface area contributed by atoms with E-state index in [2.05, 4.69) is 20.6 Å². The summed E-state index contributed by atoms with van der Waals surface area (Å²) in [6.07, 6.45) is 1.18. The van der Waals surface area contributed by atoms with Crippen LogP contribution >= 0.6 is 0 Å². The summed E-state index contributed by atoms with van der Waals surface area (Å²) in [5.74, 6) is 2.33. The molecular formula is C15H14F3NO3SSi. The van der Waals surface area contributed by atoms with Crippen LogP contribution < -0.4 is 4.18 Å². The Morgan fingerprint density at radius 3 is 2.42 bits per heavy atom. The summed E-state index contributed by atoms with van der Waals surface area (Å²) < 4.78 is 64.0. The quantitative estimate of drug-likeness (QED) is 0.349. The molecule has 2 rings (SSSR count). The second kappa shape index (κ2) is 6.11. The first-order chi connectivity index (χ1) is 10.9. The van der Waals surface area contributed by atoms with Crippen molar-refractivity contribution >= 4 is 29.0 Å². The molecule has 0 fully saturated rings. The fourth-order valence-corrected chi connectivity index (χ4v) is 2.65. The van der Waals surface area contributed by atoms with Crippen LogP contribution in [0.1, 0.15) is 5.56 Å². The van der Waals surface area contributed by atoms with Crippen molar-refractivity contribution in [2.24, 2.45) is 0 Å². The molecule has 1 aromatic heterocycles. The van der Waals surface area contributed by atoms with Gasteiger partial charge in [-0.25, -0.2) is 4.98 Å². The van der Waals surface area contributed by atoms with E-state index in [9.17, 15) is 21.6 Å². The lowest BCUT2D eigenvalue weighted by atomic mass is 10.1. The molecule has 0 saturated carbocycles. The molecule has 0 unspecified atom stereocenters. The second-order valence-electron chi connectivity index (χ2n) is 6.04. The SMILES string of the molecule is C[Si](C)(C)C#Cc1ccc2ccnc(OS(=O)(=O)C(F)(F)F)c2c1. The van der Waals surface area contributed by atoms with Crippen molar-refractivity contribution < 1.29 is 25.8 Å². The lowest BCUT2D eigenvalue weighted by Crippen LogP contribution is -2.28. The molecule has 0 aliphatic heterocycles. The van der Waals surface area contributed by atoms with E-state index in [4.69, 9.17) is 0 Å². The van der Waals surface area contributed by atoms with Crippen LogP contribution in [0.5, 0.6) is 5.88 Å². The van der Waals surface area contributed by atoms with Crippen LogP contribution in [-0.2, 0) is 10.1 Å². The van der Waals surface area contributed by atoms with Crippen LogP contribution in [-0.4, -0.2) is 27.0 Å². The van der Waals surface area contributed by atoms with Gasteiger partial charge in [0.25, 0.3) is 0 Å². The average molecular weight is 373 g/mol. The Morgan fingerprint density at radius 2 is 1.83 bits per heavy atom. The van der Waals surface area contributed by atoms with E-state index >= 15 is 0 Å². The summed E-state index contributed by atoms with van der Waals surface area (Å²) in [5.41, 5.74) is -1.85. The van der Waals surface area contributed by atoms with E-state index in [0.29, 0.717) is 10.9 Å². The lowest BCUT2D eigenvalue weighted by Gasteiger charge is -2.10. The predicted octanol–water partition coefficient (Wildman–Crippen LogP) is 3.69. The lowest BCUT2D eigenvalue weighted by molar-refractivity contribution is -0.0500. The minimum Gasteiger partial charge on any atom is -0.355 e. The van der Waals surface area contributed by atoms with Crippen LogP contribution in [0.2, 0.25) is 19.6 Å². The molecule has 1 aromatic carbocycles. The molecule has 0 radical (unpaired) electrons. The summed E-state index contributed by atoms with van der Waals surface area (Å²) in [7, 11) is -7.42. The Labute approximate surface area is 138 Å². The third kappa shape index (κ3) is 4.27. The molecule has 0 aliphatic rings. The largest absolute Gasteiger partial charge is 0.534 e. The molecule has 0 amide bonds. The van der Waals surface area contributed by atoms with E-state index < -0.39 is 29.6 Å². The normalized spacial score (nSPS) is 12.6. The van der Waals surface area contributed by atoms with Crippen molar-refractivity contribution in [2.75, 3.05) is 0 Å². The van der Waals surface area contributed by atoms with Gasteiger partial charge in [-0.3, -0.25) is 0 Å². The molecule has 0 N–H and O–H groups in total. The number of pyridine rings is 1. The van der Waals surface area contributed by atoms with Crippen LogP contribution in [0, 0.1) is 11.5 Å². The minimum absolute atomic E-state index is 0.146. The molecule has 24 heavy (non-hydrogen) atoms. The average Bonchev–Trinajstić information content (AvgIpc) is 2.43. The van der Waals surface area contributed by atoms with Gasteiger partial charge in [0.2, 0.25) is 5.88 Å². The van der Waals surface area contributed by atoms with Crippen molar-refractivity contribution in [3.63, 3.8) is 0 Å². The molecule has 0 spiro atoms. The highest BCUT2D eigenvalue weighted by Crippen LogP contribution is 2.30. The Balaban J connectivity index is 2.54. The maximum atomic E-state index is 12.5. The fourth-order valence-electron chi connectivity index (χ4n) is 1.70. The summed E-state index contributed by atoms with van der Waals surface area (Å²) in [6.45, 7) is 6.15. The summed E-state index contributed by atoms with van der Waals surface area (Å²) in [6, 6.07) is 6.34. The summed E-state index contributed by atoms with van der Waals surface area (Å²) >= 11 is 0. The number of hydrogen-bond donors (Lipinski definition) is 0. The highest BCUT2D eigenvalue weighted by molar-refractivity contribution is 7.88. The van der Waals surface area contributed by atoms with Gasteiger partial charge in [0.05, 0.1) is 0 Å². The van der Waals surface area contributed by atoms with Crippen LogP contribution in [0.4, 0.5) is 13.2 Å². The molecule has 4 nitrogen and oxygen atoms in total. The number of halogens is 3. The molecule has 0 saturated heterocycles. The third-order valence-electron chi connectivity index (χ3n) is 2.78. The van der Waals surface area contributed by atoms with Gasteiger partial charge in [-0.1, -0.05) is 31.6 Å². The molecule has 2 aromatic rings. The van der Waals surface area contributed by atoms with Gasteiger partial charge in [0.1, 0.15) is 8.07 Å². The van der Waals surface area contributed by atoms with Crippen molar-refractivity contribution in [1.82, 2.24) is 4.98 Å². The topological polar surface area (TPSA) is 56.3 Å². The van der Waals surface area contributed by atoms with E-state index in [1.165, 1.54) is 18.3 Å². The van der Waals surface area contributed by atoms with Gasteiger partial charge < -0.3 is 4.18 Å².